The number of hydrogen-bond donors (Lipinski definition) is 1. The van der Waals surface area contributed by atoms with Crippen molar-refractivity contribution in [1.29, 1.82) is 0 Å². The fourth-order valence-corrected chi connectivity index (χ4v) is 4.96. The second kappa shape index (κ2) is 9.64. The molecule has 1 saturated heterocycles. The summed E-state index contributed by atoms with van der Waals surface area (Å²) < 4.78 is 51.8. The number of carbonyl (C=O) groups excluding carboxylic acids is 1. The molecule has 1 heterocycles. The number of morpholine rings is 1. The number of rotatable bonds is 7. The number of carbonyl (C=O) groups is 1. The number of nitrogens with one attached hydrogen (secondary N) is 1. The quantitative estimate of drug-likeness (QED) is 0.551. The summed E-state index contributed by atoms with van der Waals surface area (Å²) in [5.41, 5.74) is 0.0592. The van der Waals surface area contributed by atoms with Crippen molar-refractivity contribution in [2.75, 3.05) is 39.5 Å². The second-order valence-corrected chi connectivity index (χ2v) is 9.18. The van der Waals surface area contributed by atoms with Crippen molar-refractivity contribution >= 4 is 26.7 Å². The molecule has 1 aliphatic heterocycles. The fraction of sp³-hybridized carbons (Fsp3) is 0.261. The highest BCUT2D eigenvalue weighted by molar-refractivity contribution is 7.89. The number of ether oxygens (including phenoxy) is 2. The lowest BCUT2D eigenvalue weighted by molar-refractivity contribution is 0.0729. The van der Waals surface area contributed by atoms with Crippen LogP contribution in [0.5, 0.6) is 5.75 Å². The molecule has 4 rings (SSSR count). The second-order valence-electron chi connectivity index (χ2n) is 7.27. The van der Waals surface area contributed by atoms with Gasteiger partial charge in [-0.2, -0.15) is 4.31 Å². The van der Waals surface area contributed by atoms with Crippen molar-refractivity contribution in [3.63, 3.8) is 0 Å². The molecule has 0 aromatic heterocycles. The number of halogens is 1. The van der Waals surface area contributed by atoms with Gasteiger partial charge in [0.25, 0.3) is 5.91 Å². The van der Waals surface area contributed by atoms with E-state index < -0.39 is 26.6 Å². The molecule has 0 radical (unpaired) electrons. The van der Waals surface area contributed by atoms with E-state index in [0.717, 1.165) is 27.2 Å². The maximum atomic E-state index is 14.3. The molecular formula is C23H23FN2O5S. The molecule has 1 fully saturated rings. The molecular weight excluding hydrogens is 435 g/mol. The van der Waals surface area contributed by atoms with E-state index in [1.165, 1.54) is 6.07 Å². The Kier molecular flexibility index (Phi) is 6.69. The van der Waals surface area contributed by atoms with Crippen molar-refractivity contribution in [3.8, 4) is 5.75 Å². The lowest BCUT2D eigenvalue weighted by atomic mass is 10.1. The standard InChI is InChI=1S/C23H23FN2O5S/c24-21-8-6-19(16-22(21)32(28,29)26-10-13-30-14-11-26)23(27)25-9-12-31-20-7-5-17-3-1-2-4-18(17)15-20/h1-8,15-16H,9-14H2,(H,25,27). The number of nitrogens with zero attached hydrogens (tertiary/aromatic N) is 1. The Hall–Kier alpha value is -3.01. The van der Waals surface area contributed by atoms with Crippen LogP contribution in [-0.4, -0.2) is 58.1 Å². The van der Waals surface area contributed by atoms with E-state index >= 15 is 0 Å². The predicted molar refractivity (Wildman–Crippen MR) is 118 cm³/mol. The zero-order valence-electron chi connectivity index (χ0n) is 17.3. The summed E-state index contributed by atoms with van der Waals surface area (Å²) in [6.45, 7) is 1.21. The van der Waals surface area contributed by atoms with Crippen LogP contribution >= 0.6 is 0 Å². The van der Waals surface area contributed by atoms with Gasteiger partial charge in [0, 0.05) is 18.7 Å². The Morgan fingerprint density at radius 2 is 1.78 bits per heavy atom. The molecule has 7 nitrogen and oxygen atoms in total. The monoisotopic (exact) mass is 458 g/mol. The molecule has 0 bridgehead atoms. The summed E-state index contributed by atoms with van der Waals surface area (Å²) in [5.74, 6) is -0.725. The smallest absolute Gasteiger partial charge is 0.251 e. The third-order valence-corrected chi connectivity index (χ3v) is 7.07. The SMILES string of the molecule is O=C(NCCOc1ccc2ccccc2c1)c1ccc(F)c(S(=O)(=O)N2CCOCC2)c1. The Morgan fingerprint density at radius 1 is 1.03 bits per heavy atom. The molecule has 0 aliphatic carbocycles. The average molecular weight is 459 g/mol. The van der Waals surface area contributed by atoms with Gasteiger partial charge in [-0.3, -0.25) is 4.79 Å². The number of benzene rings is 3. The van der Waals surface area contributed by atoms with Crippen molar-refractivity contribution in [1.82, 2.24) is 9.62 Å². The van der Waals surface area contributed by atoms with Gasteiger partial charge in [-0.15, -0.1) is 0 Å². The van der Waals surface area contributed by atoms with Gasteiger partial charge < -0.3 is 14.8 Å². The maximum absolute atomic E-state index is 14.3. The molecule has 0 unspecified atom stereocenters. The molecule has 0 saturated carbocycles. The van der Waals surface area contributed by atoms with Gasteiger partial charge in [-0.1, -0.05) is 30.3 Å². The minimum Gasteiger partial charge on any atom is -0.492 e. The lowest BCUT2D eigenvalue weighted by Crippen LogP contribution is -2.41. The molecule has 32 heavy (non-hydrogen) atoms. The van der Waals surface area contributed by atoms with Crippen LogP contribution in [0.15, 0.2) is 65.6 Å². The highest BCUT2D eigenvalue weighted by atomic mass is 32.2. The molecule has 9 heteroatoms. The van der Waals surface area contributed by atoms with E-state index in [-0.39, 0.29) is 45.0 Å². The molecule has 3 aromatic carbocycles. The van der Waals surface area contributed by atoms with E-state index in [0.29, 0.717) is 5.75 Å². The van der Waals surface area contributed by atoms with Crippen LogP contribution in [0.25, 0.3) is 10.8 Å². The van der Waals surface area contributed by atoms with E-state index in [9.17, 15) is 17.6 Å². The van der Waals surface area contributed by atoms with Crippen LogP contribution in [-0.2, 0) is 14.8 Å². The molecule has 3 aromatic rings. The summed E-state index contributed by atoms with van der Waals surface area (Å²) in [4.78, 5) is 12.0. The summed E-state index contributed by atoms with van der Waals surface area (Å²) in [5, 5.41) is 4.82. The van der Waals surface area contributed by atoms with E-state index in [1.54, 1.807) is 0 Å². The normalized spacial score (nSPS) is 14.9. The first-order valence-electron chi connectivity index (χ1n) is 10.2. The summed E-state index contributed by atoms with van der Waals surface area (Å²) >= 11 is 0. The zero-order valence-corrected chi connectivity index (χ0v) is 18.1. The highest BCUT2D eigenvalue weighted by Crippen LogP contribution is 2.22. The van der Waals surface area contributed by atoms with Crippen molar-refractivity contribution in [2.24, 2.45) is 0 Å². The van der Waals surface area contributed by atoms with Gasteiger partial charge >= 0.3 is 0 Å². The minimum absolute atomic E-state index is 0.0592. The molecule has 0 atom stereocenters. The first-order valence-corrected chi connectivity index (χ1v) is 11.7. The lowest BCUT2D eigenvalue weighted by Gasteiger charge is -2.26. The minimum atomic E-state index is -4.05. The third kappa shape index (κ3) is 4.90. The number of fused-ring (bicyclic) bond motifs is 1. The van der Waals surface area contributed by atoms with Crippen LogP contribution in [0.1, 0.15) is 10.4 Å². The van der Waals surface area contributed by atoms with Crippen LogP contribution in [0, 0.1) is 5.82 Å². The van der Waals surface area contributed by atoms with Crippen molar-refractivity contribution < 1.29 is 27.1 Å². The molecule has 1 amide bonds. The Bertz CT molecular complexity index is 1230. The average Bonchev–Trinajstić information content (AvgIpc) is 2.82. The first-order chi connectivity index (χ1) is 15.4. The Morgan fingerprint density at radius 3 is 2.56 bits per heavy atom. The Labute approximate surface area is 185 Å². The van der Waals surface area contributed by atoms with Crippen LogP contribution in [0.2, 0.25) is 0 Å². The van der Waals surface area contributed by atoms with Crippen molar-refractivity contribution in [2.45, 2.75) is 4.90 Å². The predicted octanol–water partition coefficient (Wildman–Crippen LogP) is 2.81. The first kappa shape index (κ1) is 22.2. The molecule has 168 valence electrons. The number of hydrogen-bond acceptors (Lipinski definition) is 5. The maximum Gasteiger partial charge on any atom is 0.251 e. The molecule has 0 spiro atoms. The van der Waals surface area contributed by atoms with Gasteiger partial charge in [0.05, 0.1) is 19.8 Å². The van der Waals surface area contributed by atoms with Crippen LogP contribution in [0.3, 0.4) is 0 Å². The van der Waals surface area contributed by atoms with Crippen molar-refractivity contribution in [3.05, 3.63) is 72.0 Å². The third-order valence-electron chi connectivity index (χ3n) is 5.16. The van der Waals surface area contributed by atoms with Gasteiger partial charge in [-0.25, -0.2) is 12.8 Å². The molecule has 1 aliphatic rings. The largest absolute Gasteiger partial charge is 0.492 e. The van der Waals surface area contributed by atoms with E-state index in [4.69, 9.17) is 9.47 Å². The van der Waals surface area contributed by atoms with Crippen LogP contribution in [0.4, 0.5) is 4.39 Å². The summed E-state index contributed by atoms with van der Waals surface area (Å²) in [7, 11) is -4.05. The fourth-order valence-electron chi connectivity index (χ4n) is 3.46. The number of sulfonamides is 1. The van der Waals surface area contributed by atoms with E-state index in [1.807, 2.05) is 42.5 Å². The van der Waals surface area contributed by atoms with Gasteiger partial charge in [0.1, 0.15) is 23.1 Å². The number of amides is 1. The van der Waals surface area contributed by atoms with E-state index in [2.05, 4.69) is 5.32 Å². The topological polar surface area (TPSA) is 84.9 Å². The van der Waals surface area contributed by atoms with Crippen LogP contribution < -0.4 is 10.1 Å². The van der Waals surface area contributed by atoms with Gasteiger partial charge in [0.2, 0.25) is 10.0 Å². The van der Waals surface area contributed by atoms with Gasteiger partial charge in [-0.05, 0) is 41.1 Å². The van der Waals surface area contributed by atoms with Gasteiger partial charge in [0.15, 0.2) is 0 Å². The summed E-state index contributed by atoms with van der Waals surface area (Å²) in [6, 6.07) is 17.0. The molecule has 1 N–H and O–H groups in total. The summed E-state index contributed by atoms with van der Waals surface area (Å²) in [6.07, 6.45) is 0. The highest BCUT2D eigenvalue weighted by Gasteiger charge is 2.29. The Balaban J connectivity index is 1.37. The zero-order chi connectivity index (χ0) is 22.6.